The SMILES string of the molecule is CCOc1ccccc1/C=C/C(=O)OCC(=O)Nc1ccc(SC#N)cc1C. The second-order valence-corrected chi connectivity index (χ2v) is 6.49. The van der Waals surface area contributed by atoms with Gasteiger partial charge in [-0.2, -0.15) is 5.26 Å². The first-order valence-corrected chi connectivity index (χ1v) is 9.38. The standard InChI is InChI=1S/C21H20N2O4S/c1-3-26-19-7-5-4-6-16(19)8-11-21(25)27-13-20(24)23-18-10-9-17(28-14-22)12-15(18)2/h4-12H,3,13H2,1-2H3,(H,23,24)/b11-8+. The van der Waals surface area contributed by atoms with Gasteiger partial charge < -0.3 is 14.8 Å². The highest BCUT2D eigenvalue weighted by Crippen LogP contribution is 2.23. The maximum absolute atomic E-state index is 12.0. The molecule has 0 aromatic heterocycles. The van der Waals surface area contributed by atoms with E-state index in [2.05, 4.69) is 5.32 Å². The minimum absolute atomic E-state index is 0.398. The lowest BCUT2D eigenvalue weighted by Crippen LogP contribution is -2.20. The predicted octanol–water partition coefficient (Wildman–Crippen LogP) is 4.16. The summed E-state index contributed by atoms with van der Waals surface area (Å²) in [4.78, 5) is 24.7. The molecule has 0 spiro atoms. The zero-order chi connectivity index (χ0) is 20.4. The molecule has 7 heteroatoms. The first kappa shape index (κ1) is 21.1. The Balaban J connectivity index is 1.87. The van der Waals surface area contributed by atoms with Crippen molar-refractivity contribution in [2.45, 2.75) is 18.7 Å². The number of carbonyl (C=O) groups excluding carboxylic acids is 2. The number of aryl methyl sites for hydroxylation is 1. The molecule has 0 unspecified atom stereocenters. The Hall–Kier alpha value is -3.24. The summed E-state index contributed by atoms with van der Waals surface area (Å²) in [5, 5.41) is 13.4. The van der Waals surface area contributed by atoms with Gasteiger partial charge in [-0.1, -0.05) is 18.2 Å². The molecular weight excluding hydrogens is 376 g/mol. The highest BCUT2D eigenvalue weighted by Gasteiger charge is 2.08. The number of benzene rings is 2. The van der Waals surface area contributed by atoms with E-state index in [0.717, 1.165) is 27.8 Å². The Morgan fingerprint density at radius 3 is 2.75 bits per heavy atom. The summed E-state index contributed by atoms with van der Waals surface area (Å²) in [6.07, 6.45) is 2.84. The topological polar surface area (TPSA) is 88.4 Å². The van der Waals surface area contributed by atoms with Gasteiger partial charge in [0.1, 0.15) is 11.2 Å². The Kier molecular flexibility index (Phi) is 8.12. The number of nitrogens with one attached hydrogen (secondary N) is 1. The van der Waals surface area contributed by atoms with Gasteiger partial charge in [-0.15, -0.1) is 0 Å². The molecule has 144 valence electrons. The molecule has 0 saturated heterocycles. The van der Waals surface area contributed by atoms with Crippen LogP contribution in [-0.4, -0.2) is 25.1 Å². The van der Waals surface area contributed by atoms with Crippen molar-refractivity contribution in [3.63, 3.8) is 0 Å². The summed E-state index contributed by atoms with van der Waals surface area (Å²) in [6.45, 7) is 3.82. The second kappa shape index (κ2) is 10.8. The van der Waals surface area contributed by atoms with Gasteiger partial charge in [-0.3, -0.25) is 4.79 Å². The van der Waals surface area contributed by atoms with E-state index >= 15 is 0 Å². The summed E-state index contributed by atoms with van der Waals surface area (Å²) in [5.74, 6) is -0.403. The van der Waals surface area contributed by atoms with Gasteiger partial charge in [-0.05, 0) is 61.5 Å². The third kappa shape index (κ3) is 6.49. The van der Waals surface area contributed by atoms with Crippen LogP contribution in [0.4, 0.5) is 5.69 Å². The van der Waals surface area contributed by atoms with Crippen LogP contribution in [0.1, 0.15) is 18.1 Å². The maximum Gasteiger partial charge on any atom is 0.331 e. The van der Waals surface area contributed by atoms with Gasteiger partial charge in [0.2, 0.25) is 0 Å². The minimum atomic E-state index is -0.626. The molecule has 0 radical (unpaired) electrons. The highest BCUT2D eigenvalue weighted by atomic mass is 32.2. The van der Waals surface area contributed by atoms with Gasteiger partial charge >= 0.3 is 5.97 Å². The minimum Gasteiger partial charge on any atom is -0.493 e. The monoisotopic (exact) mass is 396 g/mol. The number of carbonyl (C=O) groups is 2. The molecular formula is C21H20N2O4S. The molecule has 0 saturated carbocycles. The Labute approximate surface area is 168 Å². The third-order valence-electron chi connectivity index (χ3n) is 3.60. The zero-order valence-electron chi connectivity index (χ0n) is 15.6. The number of amides is 1. The zero-order valence-corrected chi connectivity index (χ0v) is 16.4. The number of ether oxygens (including phenoxy) is 2. The lowest BCUT2D eigenvalue weighted by Gasteiger charge is -2.09. The number of thiocyanates is 1. The molecule has 2 aromatic carbocycles. The predicted molar refractivity (Wildman–Crippen MR) is 109 cm³/mol. The third-order valence-corrected chi connectivity index (χ3v) is 4.18. The lowest BCUT2D eigenvalue weighted by molar-refractivity contribution is -0.142. The van der Waals surface area contributed by atoms with Gasteiger partial charge in [0, 0.05) is 22.2 Å². The van der Waals surface area contributed by atoms with E-state index < -0.39 is 18.5 Å². The first-order valence-electron chi connectivity index (χ1n) is 8.56. The van der Waals surface area contributed by atoms with E-state index in [1.54, 1.807) is 24.3 Å². The molecule has 2 rings (SSSR count). The number of anilines is 1. The lowest BCUT2D eigenvalue weighted by atomic mass is 10.2. The summed E-state index contributed by atoms with van der Waals surface area (Å²) in [6, 6.07) is 12.6. The molecule has 2 aromatic rings. The van der Waals surface area contributed by atoms with E-state index in [-0.39, 0.29) is 0 Å². The normalized spacial score (nSPS) is 10.3. The number of para-hydroxylation sites is 1. The van der Waals surface area contributed by atoms with Crippen molar-refractivity contribution in [2.75, 3.05) is 18.5 Å². The molecule has 6 nitrogen and oxygen atoms in total. The summed E-state index contributed by atoms with van der Waals surface area (Å²) >= 11 is 1.05. The quantitative estimate of drug-likeness (QED) is 0.312. The van der Waals surface area contributed by atoms with Crippen molar-refractivity contribution in [3.8, 4) is 11.2 Å². The number of hydrogen-bond acceptors (Lipinski definition) is 6. The van der Waals surface area contributed by atoms with Crippen molar-refractivity contribution in [1.29, 1.82) is 5.26 Å². The molecule has 0 aliphatic carbocycles. The smallest absolute Gasteiger partial charge is 0.331 e. The van der Waals surface area contributed by atoms with E-state index in [1.807, 2.05) is 43.5 Å². The Morgan fingerprint density at radius 2 is 2.04 bits per heavy atom. The van der Waals surface area contributed by atoms with Gasteiger partial charge in [0.15, 0.2) is 6.61 Å². The summed E-state index contributed by atoms with van der Waals surface area (Å²) in [7, 11) is 0. The summed E-state index contributed by atoms with van der Waals surface area (Å²) in [5.41, 5.74) is 2.16. The van der Waals surface area contributed by atoms with Crippen LogP contribution in [0, 0.1) is 17.6 Å². The van der Waals surface area contributed by atoms with Crippen molar-refractivity contribution in [3.05, 3.63) is 59.7 Å². The Bertz CT molecular complexity index is 919. The molecule has 0 aliphatic rings. The van der Waals surface area contributed by atoms with Gasteiger partial charge in [0.05, 0.1) is 6.61 Å². The number of nitrogens with zero attached hydrogens (tertiary/aromatic N) is 1. The van der Waals surface area contributed by atoms with Gasteiger partial charge in [-0.25, -0.2) is 4.79 Å². The van der Waals surface area contributed by atoms with Crippen molar-refractivity contribution in [1.82, 2.24) is 0 Å². The van der Waals surface area contributed by atoms with Crippen LogP contribution in [0.2, 0.25) is 0 Å². The highest BCUT2D eigenvalue weighted by molar-refractivity contribution is 8.03. The molecule has 0 atom stereocenters. The van der Waals surface area contributed by atoms with Gasteiger partial charge in [0.25, 0.3) is 5.91 Å². The van der Waals surface area contributed by atoms with E-state index in [9.17, 15) is 9.59 Å². The van der Waals surface area contributed by atoms with Crippen molar-refractivity contribution < 1.29 is 19.1 Å². The van der Waals surface area contributed by atoms with Crippen LogP contribution in [0.25, 0.3) is 6.08 Å². The van der Waals surface area contributed by atoms with Crippen LogP contribution < -0.4 is 10.1 Å². The van der Waals surface area contributed by atoms with Crippen LogP contribution in [-0.2, 0) is 14.3 Å². The van der Waals surface area contributed by atoms with E-state index in [4.69, 9.17) is 14.7 Å². The fourth-order valence-electron chi connectivity index (χ4n) is 2.33. The fraction of sp³-hybridized carbons (Fsp3) is 0.190. The molecule has 0 aliphatic heterocycles. The number of hydrogen-bond donors (Lipinski definition) is 1. The van der Waals surface area contributed by atoms with E-state index in [1.165, 1.54) is 6.08 Å². The van der Waals surface area contributed by atoms with Crippen LogP contribution in [0.5, 0.6) is 5.75 Å². The molecule has 28 heavy (non-hydrogen) atoms. The molecule has 0 bridgehead atoms. The fourth-order valence-corrected chi connectivity index (χ4v) is 2.80. The maximum atomic E-state index is 12.0. The number of esters is 1. The molecule has 1 amide bonds. The molecule has 1 N–H and O–H groups in total. The first-order chi connectivity index (χ1) is 13.5. The van der Waals surface area contributed by atoms with Crippen LogP contribution in [0.3, 0.4) is 0 Å². The number of nitriles is 1. The van der Waals surface area contributed by atoms with Crippen LogP contribution in [0.15, 0.2) is 53.4 Å². The van der Waals surface area contributed by atoms with E-state index in [0.29, 0.717) is 18.0 Å². The average Bonchev–Trinajstić information content (AvgIpc) is 2.68. The molecule has 0 fully saturated rings. The van der Waals surface area contributed by atoms with Crippen molar-refractivity contribution >= 4 is 35.4 Å². The summed E-state index contributed by atoms with van der Waals surface area (Å²) < 4.78 is 10.5. The Morgan fingerprint density at radius 1 is 1.25 bits per heavy atom. The largest absolute Gasteiger partial charge is 0.493 e. The number of thioether (sulfide) groups is 1. The van der Waals surface area contributed by atoms with Crippen molar-refractivity contribution in [2.24, 2.45) is 0 Å². The average molecular weight is 396 g/mol. The molecule has 0 heterocycles. The number of rotatable bonds is 8. The second-order valence-electron chi connectivity index (χ2n) is 5.63. The van der Waals surface area contributed by atoms with Crippen LogP contribution >= 0.6 is 11.8 Å².